The molecule has 0 radical (unpaired) electrons. The van der Waals surface area contributed by atoms with Crippen LogP contribution in [0, 0.1) is 0 Å². The number of hydrogen-bond donors (Lipinski definition) is 0. The van der Waals surface area contributed by atoms with E-state index in [1.165, 1.54) is 0 Å². The van der Waals surface area contributed by atoms with Gasteiger partial charge in [0.2, 0.25) is 0 Å². The van der Waals surface area contributed by atoms with Gasteiger partial charge in [0.1, 0.15) is 12.2 Å². The van der Waals surface area contributed by atoms with E-state index < -0.39 is 0 Å². The molecule has 68 valence electrons. The molecule has 0 N–H and O–H groups in total. The molecule has 0 fully saturated rings. The van der Waals surface area contributed by atoms with Gasteiger partial charge in [0.05, 0.1) is 0 Å². The monoisotopic (exact) mass is 290 g/mol. The van der Waals surface area contributed by atoms with Crippen LogP contribution in [0.1, 0.15) is 6.92 Å². The maximum absolute atomic E-state index is 5.34. The van der Waals surface area contributed by atoms with Crippen molar-refractivity contribution < 1.29 is 14.2 Å². The van der Waals surface area contributed by atoms with Crippen molar-refractivity contribution in [2.45, 2.75) is 18.4 Å². The number of methoxy groups -OCH3 is 3. The number of rotatable bonds is 5. The molecule has 1 atom stereocenters. The van der Waals surface area contributed by atoms with Crippen molar-refractivity contribution in [1.29, 1.82) is 0 Å². The highest BCUT2D eigenvalue weighted by molar-refractivity contribution is 14.1. The standard InChI is InChI=1S/C6H15IO3Si/c1-6(10-4,11-7)5(8-2)9-3/h5H,11H2,1-4H3. The maximum atomic E-state index is 5.34. The summed E-state index contributed by atoms with van der Waals surface area (Å²) in [6.45, 7) is 2.02. The van der Waals surface area contributed by atoms with Crippen LogP contribution in [0.3, 0.4) is 0 Å². The maximum Gasteiger partial charge on any atom is 0.182 e. The molecule has 0 aliphatic carbocycles. The minimum absolute atomic E-state index is 0.218. The third-order valence-corrected chi connectivity index (χ3v) is 7.35. The Labute approximate surface area is 82.8 Å². The summed E-state index contributed by atoms with van der Waals surface area (Å²) in [6.07, 6.45) is -0.240. The molecule has 0 amide bonds. The van der Waals surface area contributed by atoms with Gasteiger partial charge in [-0.1, -0.05) is 0 Å². The molecular weight excluding hydrogens is 275 g/mol. The van der Waals surface area contributed by atoms with Gasteiger partial charge in [-0.05, 0) is 6.92 Å². The van der Waals surface area contributed by atoms with Gasteiger partial charge in [-0.3, -0.25) is 0 Å². The summed E-state index contributed by atoms with van der Waals surface area (Å²) >= 11 is 2.38. The highest BCUT2D eigenvalue weighted by atomic mass is 127. The molecule has 0 saturated carbocycles. The predicted octanol–water partition coefficient (Wildman–Crippen LogP) is 0.487. The van der Waals surface area contributed by atoms with Gasteiger partial charge < -0.3 is 14.2 Å². The van der Waals surface area contributed by atoms with Crippen LogP contribution in [0.15, 0.2) is 0 Å². The fraction of sp³-hybridized carbons (Fsp3) is 1.00. The van der Waals surface area contributed by atoms with E-state index in [4.69, 9.17) is 14.2 Å². The second-order valence-corrected chi connectivity index (χ2v) is 6.41. The van der Waals surface area contributed by atoms with Crippen molar-refractivity contribution in [2.24, 2.45) is 0 Å². The number of ether oxygens (including phenoxy) is 3. The van der Waals surface area contributed by atoms with E-state index in [-0.39, 0.29) is 18.5 Å². The van der Waals surface area contributed by atoms with Gasteiger partial charge in [0.25, 0.3) is 0 Å². The molecule has 0 aliphatic rings. The number of halogens is 1. The van der Waals surface area contributed by atoms with Crippen LogP contribution in [-0.2, 0) is 14.2 Å². The fourth-order valence-electron chi connectivity index (χ4n) is 0.809. The summed E-state index contributed by atoms with van der Waals surface area (Å²) in [7, 11) is 4.61. The summed E-state index contributed by atoms with van der Waals surface area (Å²) in [5, 5.41) is -0.218. The molecule has 0 bridgehead atoms. The molecule has 0 aromatic rings. The first-order valence-corrected chi connectivity index (χ1v) is 9.13. The molecule has 0 heterocycles. The Balaban J connectivity index is 4.19. The highest BCUT2D eigenvalue weighted by Crippen LogP contribution is 2.18. The highest BCUT2D eigenvalue weighted by Gasteiger charge is 2.33. The Morgan fingerprint density at radius 2 is 1.73 bits per heavy atom. The van der Waals surface area contributed by atoms with Crippen molar-refractivity contribution in [3.05, 3.63) is 0 Å². The average Bonchev–Trinajstić information content (AvgIpc) is 2.06. The molecular formula is C6H15IO3Si. The van der Waals surface area contributed by atoms with Crippen LogP contribution in [0.5, 0.6) is 0 Å². The first-order chi connectivity index (χ1) is 5.14. The minimum Gasteiger partial charge on any atom is -0.376 e. The third kappa shape index (κ3) is 2.98. The van der Waals surface area contributed by atoms with E-state index in [0.29, 0.717) is 0 Å². The predicted molar refractivity (Wildman–Crippen MR) is 55.8 cm³/mol. The van der Waals surface area contributed by atoms with Crippen molar-refractivity contribution in [3.8, 4) is 0 Å². The molecule has 0 spiro atoms. The summed E-state index contributed by atoms with van der Waals surface area (Å²) in [6, 6.07) is 0. The summed E-state index contributed by atoms with van der Waals surface area (Å²) in [5.74, 6) is 0. The number of hydrogen-bond acceptors (Lipinski definition) is 3. The Kier molecular flexibility index (Phi) is 5.88. The van der Waals surface area contributed by atoms with Gasteiger partial charge in [-0.15, -0.1) is 21.8 Å². The molecule has 0 aromatic heterocycles. The second-order valence-electron chi connectivity index (χ2n) is 2.45. The molecule has 11 heavy (non-hydrogen) atoms. The van der Waals surface area contributed by atoms with Crippen molar-refractivity contribution in [2.75, 3.05) is 21.3 Å². The van der Waals surface area contributed by atoms with E-state index in [2.05, 4.69) is 21.8 Å². The van der Waals surface area contributed by atoms with Crippen LogP contribution in [0.4, 0.5) is 0 Å². The van der Waals surface area contributed by atoms with Crippen LogP contribution in [-0.4, -0.2) is 39.9 Å². The molecule has 0 aromatic carbocycles. The lowest BCUT2D eigenvalue weighted by Crippen LogP contribution is -2.46. The minimum atomic E-state index is -0.340. The Morgan fingerprint density at radius 1 is 1.27 bits per heavy atom. The van der Waals surface area contributed by atoms with Gasteiger partial charge in [-0.2, -0.15) is 0 Å². The van der Waals surface area contributed by atoms with E-state index in [9.17, 15) is 0 Å². The van der Waals surface area contributed by atoms with Gasteiger partial charge in [-0.25, -0.2) is 0 Å². The van der Waals surface area contributed by atoms with Gasteiger partial charge >= 0.3 is 0 Å². The first-order valence-electron chi connectivity index (χ1n) is 3.31. The molecule has 5 heteroatoms. The van der Waals surface area contributed by atoms with E-state index in [0.717, 1.165) is 0 Å². The Morgan fingerprint density at radius 3 is 1.82 bits per heavy atom. The van der Waals surface area contributed by atoms with E-state index in [1.807, 2.05) is 6.92 Å². The normalized spacial score (nSPS) is 18.0. The smallest absolute Gasteiger partial charge is 0.182 e. The van der Waals surface area contributed by atoms with Crippen LogP contribution in [0.2, 0.25) is 0 Å². The van der Waals surface area contributed by atoms with Crippen molar-refractivity contribution in [3.63, 3.8) is 0 Å². The topological polar surface area (TPSA) is 27.7 Å². The Bertz CT molecular complexity index is 104. The quantitative estimate of drug-likeness (QED) is 0.319. The zero-order valence-electron chi connectivity index (χ0n) is 7.39. The van der Waals surface area contributed by atoms with Crippen LogP contribution < -0.4 is 0 Å². The van der Waals surface area contributed by atoms with E-state index in [1.54, 1.807) is 21.3 Å². The molecule has 1 unspecified atom stereocenters. The molecule has 0 aliphatic heterocycles. The summed E-state index contributed by atoms with van der Waals surface area (Å²) in [4.78, 5) is 0. The third-order valence-electron chi connectivity index (χ3n) is 1.66. The van der Waals surface area contributed by atoms with Crippen LogP contribution >= 0.6 is 21.8 Å². The molecule has 3 nitrogen and oxygen atoms in total. The SMILES string of the molecule is COC(OC)C(C)(OC)[SiH2]I. The van der Waals surface area contributed by atoms with Crippen molar-refractivity contribution >= 4 is 28.8 Å². The lowest BCUT2D eigenvalue weighted by molar-refractivity contribution is -0.185. The van der Waals surface area contributed by atoms with Crippen LogP contribution in [0.25, 0.3) is 0 Å². The molecule has 0 saturated heterocycles. The van der Waals surface area contributed by atoms with Gasteiger partial charge in [0, 0.05) is 21.3 Å². The molecule has 0 rings (SSSR count). The van der Waals surface area contributed by atoms with E-state index >= 15 is 0 Å². The Hall–Kier alpha value is 0.827. The van der Waals surface area contributed by atoms with Crippen molar-refractivity contribution in [1.82, 2.24) is 0 Å². The largest absolute Gasteiger partial charge is 0.376 e. The summed E-state index contributed by atoms with van der Waals surface area (Å²) in [5.41, 5.74) is 0. The fourth-order valence-corrected chi connectivity index (χ4v) is 3.39. The lowest BCUT2D eigenvalue weighted by atomic mass is 10.4. The zero-order chi connectivity index (χ0) is 8.91. The average molecular weight is 290 g/mol. The lowest BCUT2D eigenvalue weighted by Gasteiger charge is -2.32. The first kappa shape index (κ1) is 11.8. The second kappa shape index (κ2) is 5.47. The summed E-state index contributed by atoms with van der Waals surface area (Å²) < 4.78 is 15.6. The van der Waals surface area contributed by atoms with Gasteiger partial charge in [0.15, 0.2) is 6.29 Å². The zero-order valence-corrected chi connectivity index (χ0v) is 11.0.